The van der Waals surface area contributed by atoms with Gasteiger partial charge in [-0.1, -0.05) is 52.3 Å². The molecule has 2 heterocycles. The number of nitrogens with zero attached hydrogens (tertiary/aromatic N) is 2. The van der Waals surface area contributed by atoms with Crippen LogP contribution in [-0.4, -0.2) is 22.5 Å². The predicted octanol–water partition coefficient (Wildman–Crippen LogP) is 5.34. The number of rotatable bonds is 3. The number of aliphatic hydroxyl groups excluding tert-OH is 1. The van der Waals surface area contributed by atoms with Gasteiger partial charge in [-0.3, -0.25) is 5.41 Å². The maximum Gasteiger partial charge on any atom is 0.139 e. The van der Waals surface area contributed by atoms with Crippen LogP contribution in [-0.2, 0) is 0 Å². The summed E-state index contributed by atoms with van der Waals surface area (Å²) in [6, 6.07) is 17.6. The van der Waals surface area contributed by atoms with Gasteiger partial charge < -0.3 is 10.0 Å². The van der Waals surface area contributed by atoms with Crippen molar-refractivity contribution in [1.29, 1.82) is 5.41 Å². The molecule has 0 bridgehead atoms. The van der Waals surface area contributed by atoms with Crippen LogP contribution < -0.4 is 4.90 Å². The van der Waals surface area contributed by atoms with E-state index in [1.54, 1.807) is 4.90 Å². The highest BCUT2D eigenvalue weighted by molar-refractivity contribution is 9.10. The molecule has 4 rings (SSSR count). The fraction of sp³-hybridized carbons (Fsp3) is 0.0526. The third-order valence-electron chi connectivity index (χ3n) is 4.01. The van der Waals surface area contributed by atoms with Crippen molar-refractivity contribution in [1.82, 2.24) is 4.98 Å². The molecule has 0 amide bonds. The zero-order chi connectivity index (χ0) is 17.4. The molecule has 0 atom stereocenters. The van der Waals surface area contributed by atoms with Crippen molar-refractivity contribution in [3.63, 3.8) is 0 Å². The largest absolute Gasteiger partial charge is 0.510 e. The van der Waals surface area contributed by atoms with Crippen molar-refractivity contribution in [2.24, 2.45) is 0 Å². The summed E-state index contributed by atoms with van der Waals surface area (Å²) < 4.78 is 0.936. The van der Waals surface area contributed by atoms with Gasteiger partial charge in [-0.2, -0.15) is 0 Å². The van der Waals surface area contributed by atoms with Crippen LogP contribution >= 0.6 is 27.3 Å². The van der Waals surface area contributed by atoms with Crippen LogP contribution in [0.1, 0.15) is 5.01 Å². The Labute approximate surface area is 157 Å². The van der Waals surface area contributed by atoms with Gasteiger partial charge in [0.05, 0.1) is 17.8 Å². The second-order valence-corrected chi connectivity index (χ2v) is 7.41. The fourth-order valence-corrected chi connectivity index (χ4v) is 4.08. The summed E-state index contributed by atoms with van der Waals surface area (Å²) in [6.07, 6.45) is 0. The first-order valence-corrected chi connectivity index (χ1v) is 9.36. The third-order valence-corrected chi connectivity index (χ3v) is 5.36. The molecule has 0 unspecified atom stereocenters. The van der Waals surface area contributed by atoms with Crippen molar-refractivity contribution in [3.05, 3.63) is 75.2 Å². The van der Waals surface area contributed by atoms with Crippen molar-refractivity contribution >= 4 is 44.4 Å². The molecule has 0 aliphatic carbocycles. The van der Waals surface area contributed by atoms with Crippen LogP contribution in [0, 0.1) is 5.41 Å². The fourth-order valence-electron chi connectivity index (χ4n) is 2.80. The van der Waals surface area contributed by atoms with E-state index in [2.05, 4.69) is 20.9 Å². The quantitative estimate of drug-likeness (QED) is 0.611. The molecule has 25 heavy (non-hydrogen) atoms. The van der Waals surface area contributed by atoms with Gasteiger partial charge in [-0.15, -0.1) is 11.3 Å². The number of anilines is 1. The molecule has 124 valence electrons. The monoisotopic (exact) mass is 411 g/mol. The van der Waals surface area contributed by atoms with Crippen molar-refractivity contribution in [2.75, 3.05) is 11.4 Å². The van der Waals surface area contributed by atoms with Gasteiger partial charge in [0.2, 0.25) is 0 Å². The van der Waals surface area contributed by atoms with E-state index in [4.69, 9.17) is 5.41 Å². The number of thiazole rings is 1. The standard InChI is InChI=1S/C19H14BrN3OS/c20-13-7-4-8-14(9-13)23-10-16(24)17(18(23)21)19-22-15(11-25-19)12-5-2-1-3-6-12/h1-9,11,21,24H,10H2. The van der Waals surface area contributed by atoms with Crippen molar-refractivity contribution in [3.8, 4) is 11.3 Å². The summed E-state index contributed by atoms with van der Waals surface area (Å²) in [5.41, 5.74) is 3.25. The van der Waals surface area contributed by atoms with E-state index in [9.17, 15) is 5.11 Å². The van der Waals surface area contributed by atoms with E-state index in [1.807, 2.05) is 60.0 Å². The highest BCUT2D eigenvalue weighted by atomic mass is 79.9. The molecule has 2 N–H and O–H groups in total. The van der Waals surface area contributed by atoms with Crippen molar-refractivity contribution < 1.29 is 5.11 Å². The molecule has 1 aliphatic heterocycles. The first-order valence-electron chi connectivity index (χ1n) is 7.69. The first kappa shape index (κ1) is 16.1. The normalized spacial score (nSPS) is 14.4. The second-order valence-electron chi connectivity index (χ2n) is 5.64. The number of benzene rings is 2. The van der Waals surface area contributed by atoms with Crippen LogP contribution in [0.15, 0.2) is 70.2 Å². The molecule has 0 saturated carbocycles. The molecule has 1 aromatic heterocycles. The average molecular weight is 412 g/mol. The highest BCUT2D eigenvalue weighted by Gasteiger charge is 2.31. The van der Waals surface area contributed by atoms with E-state index >= 15 is 0 Å². The zero-order valence-corrected chi connectivity index (χ0v) is 15.5. The maximum atomic E-state index is 10.4. The lowest BCUT2D eigenvalue weighted by Crippen LogP contribution is -2.25. The maximum absolute atomic E-state index is 10.4. The van der Waals surface area contributed by atoms with Gasteiger partial charge in [0.1, 0.15) is 16.6 Å². The minimum atomic E-state index is 0.180. The van der Waals surface area contributed by atoms with E-state index < -0.39 is 0 Å². The van der Waals surface area contributed by atoms with Crippen LogP contribution in [0.5, 0.6) is 0 Å². The number of aliphatic hydroxyl groups is 1. The van der Waals surface area contributed by atoms with E-state index in [0.29, 0.717) is 10.6 Å². The van der Waals surface area contributed by atoms with Crippen LogP contribution in [0.4, 0.5) is 5.69 Å². The average Bonchev–Trinajstić information content (AvgIpc) is 3.20. The second kappa shape index (κ2) is 6.46. The number of amidine groups is 1. The summed E-state index contributed by atoms with van der Waals surface area (Å²) >= 11 is 4.89. The predicted molar refractivity (Wildman–Crippen MR) is 106 cm³/mol. The lowest BCUT2D eigenvalue weighted by Gasteiger charge is -2.18. The summed E-state index contributed by atoms with van der Waals surface area (Å²) in [6.45, 7) is 0.283. The zero-order valence-electron chi connectivity index (χ0n) is 13.1. The molecule has 6 heteroatoms. The minimum absolute atomic E-state index is 0.180. The van der Waals surface area contributed by atoms with Crippen LogP contribution in [0.25, 0.3) is 16.8 Å². The number of nitrogens with one attached hydrogen (secondary N) is 1. The Balaban J connectivity index is 1.66. The highest BCUT2D eigenvalue weighted by Crippen LogP contribution is 2.34. The van der Waals surface area contributed by atoms with Gasteiger partial charge >= 0.3 is 0 Å². The summed E-state index contributed by atoms with van der Waals surface area (Å²) in [5, 5.41) is 21.6. The molecular weight excluding hydrogens is 398 g/mol. The third kappa shape index (κ3) is 2.99. The molecular formula is C19H14BrN3OS. The molecule has 1 aliphatic rings. The lowest BCUT2D eigenvalue weighted by atomic mass is 10.2. The van der Waals surface area contributed by atoms with Gasteiger partial charge in [0, 0.05) is 21.1 Å². The Bertz CT molecular complexity index is 981. The van der Waals surface area contributed by atoms with Gasteiger partial charge in [0.25, 0.3) is 0 Å². The minimum Gasteiger partial charge on any atom is -0.510 e. The molecule has 3 aromatic rings. The first-order chi connectivity index (χ1) is 12.1. The van der Waals surface area contributed by atoms with Gasteiger partial charge in [0.15, 0.2) is 0 Å². The molecule has 0 saturated heterocycles. The Hall–Kier alpha value is -2.44. The Morgan fingerprint density at radius 3 is 2.68 bits per heavy atom. The molecule has 0 spiro atoms. The summed E-state index contributed by atoms with van der Waals surface area (Å²) in [7, 11) is 0. The molecule has 0 radical (unpaired) electrons. The van der Waals surface area contributed by atoms with Crippen LogP contribution in [0.2, 0.25) is 0 Å². The smallest absolute Gasteiger partial charge is 0.139 e. The summed E-state index contributed by atoms with van der Waals surface area (Å²) in [5.74, 6) is 0.448. The lowest BCUT2D eigenvalue weighted by molar-refractivity contribution is 0.411. The van der Waals surface area contributed by atoms with Crippen LogP contribution in [0.3, 0.4) is 0 Å². The van der Waals surface area contributed by atoms with Gasteiger partial charge in [-0.25, -0.2) is 4.98 Å². The number of aromatic nitrogens is 1. The summed E-state index contributed by atoms with van der Waals surface area (Å²) in [4.78, 5) is 6.41. The van der Waals surface area contributed by atoms with Gasteiger partial charge in [-0.05, 0) is 18.2 Å². The topological polar surface area (TPSA) is 60.2 Å². The Morgan fingerprint density at radius 2 is 1.92 bits per heavy atom. The molecule has 2 aromatic carbocycles. The molecule has 0 fully saturated rings. The van der Waals surface area contributed by atoms with E-state index in [0.717, 1.165) is 21.4 Å². The van der Waals surface area contributed by atoms with E-state index in [-0.39, 0.29) is 18.1 Å². The Morgan fingerprint density at radius 1 is 1.12 bits per heavy atom. The number of hydrogen-bond donors (Lipinski definition) is 2. The number of hydrogen-bond acceptors (Lipinski definition) is 4. The van der Waals surface area contributed by atoms with E-state index in [1.165, 1.54) is 11.3 Å². The van der Waals surface area contributed by atoms with Crippen molar-refractivity contribution in [2.45, 2.75) is 0 Å². The molecule has 4 nitrogen and oxygen atoms in total. The number of halogens is 1. The SMILES string of the molecule is N=C1C(c2nc(-c3ccccc3)cs2)=C(O)CN1c1cccc(Br)c1. The Kier molecular flexibility index (Phi) is 4.15.